The Balaban J connectivity index is 1.48. The topological polar surface area (TPSA) is 71.8 Å². The zero-order chi connectivity index (χ0) is 14.7. The van der Waals surface area contributed by atoms with Crippen molar-refractivity contribution < 1.29 is 4.79 Å². The van der Waals surface area contributed by atoms with Gasteiger partial charge in [-0.05, 0) is 31.4 Å². The zero-order valence-electron chi connectivity index (χ0n) is 12.0. The number of carbonyl (C=O) groups excluding carboxylic acids is 1. The van der Waals surface area contributed by atoms with Gasteiger partial charge in [0.15, 0.2) is 0 Å². The minimum absolute atomic E-state index is 0.172. The van der Waals surface area contributed by atoms with Crippen LogP contribution in [0.3, 0.4) is 0 Å². The van der Waals surface area contributed by atoms with Crippen molar-refractivity contribution in [2.75, 3.05) is 11.9 Å². The fourth-order valence-corrected chi connectivity index (χ4v) is 2.63. The van der Waals surface area contributed by atoms with E-state index in [1.165, 1.54) is 0 Å². The maximum Gasteiger partial charge on any atom is 0.319 e. The predicted molar refractivity (Wildman–Crippen MR) is 80.0 cm³/mol. The highest BCUT2D eigenvalue weighted by molar-refractivity contribution is 5.89. The molecule has 2 aromatic heterocycles. The number of carbonyl (C=O) groups is 1. The van der Waals surface area contributed by atoms with Gasteiger partial charge in [0.05, 0.1) is 0 Å². The molecule has 1 aliphatic heterocycles. The Hall–Kier alpha value is -2.37. The molecule has 3 rings (SSSR count). The van der Waals surface area contributed by atoms with Crippen molar-refractivity contribution in [3.8, 4) is 0 Å². The molecule has 1 unspecified atom stereocenters. The van der Waals surface area contributed by atoms with Gasteiger partial charge in [0.2, 0.25) is 0 Å². The second-order valence-corrected chi connectivity index (χ2v) is 5.42. The van der Waals surface area contributed by atoms with Crippen LogP contribution in [0, 0.1) is 12.8 Å². The minimum atomic E-state index is -0.172. The molecule has 2 N–H and O–H groups in total. The smallest absolute Gasteiger partial charge is 0.319 e. The maximum atomic E-state index is 11.9. The number of pyridine rings is 1. The first-order chi connectivity index (χ1) is 10.2. The lowest BCUT2D eigenvalue weighted by Crippen LogP contribution is -2.35. The van der Waals surface area contributed by atoms with Crippen molar-refractivity contribution in [3.05, 3.63) is 42.2 Å². The van der Waals surface area contributed by atoms with E-state index in [9.17, 15) is 4.79 Å². The molecule has 0 radical (unpaired) electrons. The number of hydrogen-bond donors (Lipinski definition) is 2. The number of aryl methyl sites for hydroxylation is 2. The van der Waals surface area contributed by atoms with Gasteiger partial charge in [-0.2, -0.15) is 0 Å². The Morgan fingerprint density at radius 1 is 1.43 bits per heavy atom. The molecular formula is C15H19N5O. The molecule has 6 heteroatoms. The average molecular weight is 285 g/mol. The summed E-state index contributed by atoms with van der Waals surface area (Å²) < 4.78 is 2.18. The van der Waals surface area contributed by atoms with Crippen LogP contribution in [-0.4, -0.2) is 27.1 Å². The fourth-order valence-electron chi connectivity index (χ4n) is 2.63. The highest BCUT2D eigenvalue weighted by Gasteiger charge is 2.19. The predicted octanol–water partition coefficient (Wildman–Crippen LogP) is 1.97. The third-order valence-electron chi connectivity index (χ3n) is 3.76. The molecule has 6 nitrogen and oxygen atoms in total. The monoisotopic (exact) mass is 285 g/mol. The summed E-state index contributed by atoms with van der Waals surface area (Å²) >= 11 is 0. The highest BCUT2D eigenvalue weighted by Crippen LogP contribution is 2.18. The molecule has 2 aromatic rings. The number of rotatable bonds is 3. The molecule has 21 heavy (non-hydrogen) atoms. The Morgan fingerprint density at radius 2 is 2.33 bits per heavy atom. The van der Waals surface area contributed by atoms with Crippen LogP contribution >= 0.6 is 0 Å². The van der Waals surface area contributed by atoms with Gasteiger partial charge in [0, 0.05) is 49.5 Å². The molecule has 0 fully saturated rings. The molecule has 0 saturated heterocycles. The van der Waals surface area contributed by atoms with Crippen LogP contribution in [0.25, 0.3) is 0 Å². The normalized spacial score (nSPS) is 17.1. The molecule has 2 amide bonds. The van der Waals surface area contributed by atoms with E-state index < -0.39 is 0 Å². The van der Waals surface area contributed by atoms with Crippen molar-refractivity contribution in [1.29, 1.82) is 0 Å². The first kappa shape index (κ1) is 13.6. The van der Waals surface area contributed by atoms with Gasteiger partial charge in [-0.25, -0.2) is 9.78 Å². The second kappa shape index (κ2) is 5.95. The third-order valence-corrected chi connectivity index (χ3v) is 3.76. The molecule has 110 valence electrons. The zero-order valence-corrected chi connectivity index (χ0v) is 12.0. The fraction of sp³-hybridized carbons (Fsp3) is 0.400. The van der Waals surface area contributed by atoms with Crippen LogP contribution in [0.4, 0.5) is 10.5 Å². The van der Waals surface area contributed by atoms with E-state index in [1.807, 2.05) is 25.4 Å². The van der Waals surface area contributed by atoms with Gasteiger partial charge in [-0.3, -0.25) is 4.98 Å². The van der Waals surface area contributed by atoms with E-state index >= 15 is 0 Å². The molecule has 0 bridgehead atoms. The number of aromatic nitrogens is 3. The Kier molecular flexibility index (Phi) is 3.85. The van der Waals surface area contributed by atoms with Crippen LogP contribution in [0.1, 0.15) is 17.9 Å². The first-order valence-corrected chi connectivity index (χ1v) is 7.18. The van der Waals surface area contributed by atoms with Crippen molar-refractivity contribution in [2.45, 2.75) is 26.3 Å². The van der Waals surface area contributed by atoms with Crippen LogP contribution in [0.15, 0.2) is 30.7 Å². The summed E-state index contributed by atoms with van der Waals surface area (Å²) in [6.45, 7) is 3.54. The Morgan fingerprint density at radius 3 is 3.19 bits per heavy atom. The Labute approximate surface area is 123 Å². The summed E-state index contributed by atoms with van der Waals surface area (Å²) in [6.07, 6.45) is 7.52. The first-order valence-electron chi connectivity index (χ1n) is 7.18. The van der Waals surface area contributed by atoms with Gasteiger partial charge in [-0.15, -0.1) is 0 Å². The van der Waals surface area contributed by atoms with Crippen molar-refractivity contribution >= 4 is 11.7 Å². The van der Waals surface area contributed by atoms with Crippen molar-refractivity contribution in [1.82, 2.24) is 19.9 Å². The van der Waals surface area contributed by atoms with E-state index in [1.54, 1.807) is 12.3 Å². The van der Waals surface area contributed by atoms with Crippen LogP contribution in [0.2, 0.25) is 0 Å². The second-order valence-electron chi connectivity index (χ2n) is 5.42. The number of nitrogens with one attached hydrogen (secondary N) is 2. The van der Waals surface area contributed by atoms with E-state index in [0.717, 1.165) is 36.6 Å². The lowest BCUT2D eigenvalue weighted by atomic mass is 9.98. The standard InChI is InChI=1S/C15H19N5O/c1-11-8-13(2-4-16-11)19-15(21)18-10-12-3-6-20-7-5-17-14(20)9-12/h2,4-5,7-8,12H,3,6,9-10H2,1H3,(H2,16,18,19,21). The largest absolute Gasteiger partial charge is 0.338 e. The molecule has 0 aliphatic carbocycles. The molecule has 0 aromatic carbocycles. The van der Waals surface area contributed by atoms with Gasteiger partial charge in [0.1, 0.15) is 5.82 Å². The maximum absolute atomic E-state index is 11.9. The molecule has 0 saturated carbocycles. The molecule has 1 atom stereocenters. The number of amides is 2. The summed E-state index contributed by atoms with van der Waals surface area (Å²) in [5.41, 5.74) is 1.64. The lowest BCUT2D eigenvalue weighted by Gasteiger charge is -2.23. The third kappa shape index (κ3) is 3.39. The van der Waals surface area contributed by atoms with Gasteiger partial charge < -0.3 is 15.2 Å². The van der Waals surface area contributed by atoms with Gasteiger partial charge in [0.25, 0.3) is 0 Å². The van der Waals surface area contributed by atoms with Crippen molar-refractivity contribution in [2.24, 2.45) is 5.92 Å². The molecule has 1 aliphatic rings. The van der Waals surface area contributed by atoms with Crippen LogP contribution < -0.4 is 10.6 Å². The summed E-state index contributed by atoms with van der Waals surface area (Å²) in [7, 11) is 0. The summed E-state index contributed by atoms with van der Waals surface area (Å²) in [5, 5.41) is 5.76. The number of fused-ring (bicyclic) bond motifs is 1. The quantitative estimate of drug-likeness (QED) is 0.905. The highest BCUT2D eigenvalue weighted by atomic mass is 16.2. The number of nitrogens with zero attached hydrogens (tertiary/aromatic N) is 3. The van der Waals surface area contributed by atoms with Gasteiger partial charge in [-0.1, -0.05) is 0 Å². The summed E-state index contributed by atoms with van der Waals surface area (Å²) in [6, 6.07) is 3.45. The minimum Gasteiger partial charge on any atom is -0.338 e. The number of anilines is 1. The lowest BCUT2D eigenvalue weighted by molar-refractivity contribution is 0.248. The molecular weight excluding hydrogens is 266 g/mol. The van der Waals surface area contributed by atoms with E-state index in [4.69, 9.17) is 0 Å². The number of imidazole rings is 1. The van der Waals surface area contributed by atoms with Crippen LogP contribution in [0.5, 0.6) is 0 Å². The summed E-state index contributed by atoms with van der Waals surface area (Å²) in [4.78, 5) is 20.3. The average Bonchev–Trinajstić information content (AvgIpc) is 2.92. The summed E-state index contributed by atoms with van der Waals surface area (Å²) in [5.74, 6) is 1.56. The van der Waals surface area contributed by atoms with Crippen LogP contribution in [-0.2, 0) is 13.0 Å². The Bertz CT molecular complexity index is 636. The molecule has 0 spiro atoms. The van der Waals surface area contributed by atoms with Gasteiger partial charge >= 0.3 is 6.03 Å². The van der Waals surface area contributed by atoms with E-state index in [2.05, 4.69) is 25.2 Å². The number of hydrogen-bond acceptors (Lipinski definition) is 3. The van der Waals surface area contributed by atoms with E-state index in [0.29, 0.717) is 12.5 Å². The SMILES string of the molecule is Cc1cc(NC(=O)NCC2CCn3ccnc3C2)ccn1. The van der Waals surface area contributed by atoms with Crippen molar-refractivity contribution in [3.63, 3.8) is 0 Å². The molecule has 3 heterocycles. The van der Waals surface area contributed by atoms with E-state index in [-0.39, 0.29) is 6.03 Å². The number of urea groups is 1.